The van der Waals surface area contributed by atoms with Crippen molar-refractivity contribution in [1.29, 1.82) is 0 Å². The molecule has 0 atom stereocenters. The highest BCUT2D eigenvalue weighted by Crippen LogP contribution is 2.11. The summed E-state index contributed by atoms with van der Waals surface area (Å²) in [6.07, 6.45) is 2.58. The average Bonchev–Trinajstić information content (AvgIpc) is 2.52. The van der Waals surface area contributed by atoms with Gasteiger partial charge in [0.2, 0.25) is 5.91 Å². The van der Waals surface area contributed by atoms with Crippen molar-refractivity contribution >= 4 is 5.91 Å². The first-order valence-electron chi connectivity index (χ1n) is 7.36. The Morgan fingerprint density at radius 1 is 1.30 bits per heavy atom. The quantitative estimate of drug-likeness (QED) is 0.806. The van der Waals surface area contributed by atoms with Crippen LogP contribution in [0, 0.1) is 0 Å². The van der Waals surface area contributed by atoms with Crippen molar-refractivity contribution in [2.24, 2.45) is 0 Å². The van der Waals surface area contributed by atoms with Gasteiger partial charge >= 0.3 is 0 Å². The van der Waals surface area contributed by atoms with Crippen molar-refractivity contribution in [2.45, 2.75) is 31.9 Å². The molecule has 0 aromatic heterocycles. The zero-order chi connectivity index (χ0) is 14.2. The van der Waals surface area contributed by atoms with Crippen molar-refractivity contribution in [2.75, 3.05) is 26.7 Å². The third-order valence-electron chi connectivity index (χ3n) is 3.83. The summed E-state index contributed by atoms with van der Waals surface area (Å²) < 4.78 is 5.56. The largest absolute Gasteiger partial charge is 0.376 e. The first-order chi connectivity index (χ1) is 9.79. The molecule has 0 unspecified atom stereocenters. The van der Waals surface area contributed by atoms with E-state index in [1.165, 1.54) is 0 Å². The van der Waals surface area contributed by atoms with Crippen molar-refractivity contribution in [3.8, 4) is 0 Å². The first kappa shape index (κ1) is 15.0. The Morgan fingerprint density at radius 2 is 2.00 bits per heavy atom. The molecule has 0 spiro atoms. The fourth-order valence-corrected chi connectivity index (χ4v) is 2.50. The molecule has 0 saturated carbocycles. The number of carbonyl (C=O) groups is 1. The Labute approximate surface area is 121 Å². The fourth-order valence-electron chi connectivity index (χ4n) is 2.50. The number of carbonyl (C=O) groups excluding carboxylic acids is 1. The van der Waals surface area contributed by atoms with Crippen molar-refractivity contribution in [1.82, 2.24) is 10.2 Å². The van der Waals surface area contributed by atoms with Crippen LogP contribution in [0.2, 0.25) is 0 Å². The molecule has 1 heterocycles. The topological polar surface area (TPSA) is 41.6 Å². The molecule has 1 fully saturated rings. The minimum absolute atomic E-state index is 0.215. The maximum Gasteiger partial charge on any atom is 0.224 e. The molecule has 1 aliphatic heterocycles. The zero-order valence-electron chi connectivity index (χ0n) is 12.2. The Kier molecular flexibility index (Phi) is 6.02. The minimum atomic E-state index is 0.215. The van der Waals surface area contributed by atoms with E-state index >= 15 is 0 Å². The molecule has 1 saturated heterocycles. The normalized spacial score (nSPS) is 16.4. The summed E-state index contributed by atoms with van der Waals surface area (Å²) in [5.74, 6) is 0.215. The van der Waals surface area contributed by atoms with E-state index in [9.17, 15) is 4.79 Å². The van der Waals surface area contributed by atoms with Gasteiger partial charge in [-0.2, -0.15) is 0 Å². The molecule has 110 valence electrons. The Bertz CT molecular complexity index is 400. The van der Waals surface area contributed by atoms with Crippen LogP contribution < -0.4 is 5.32 Å². The fraction of sp³-hybridized carbons (Fsp3) is 0.562. The third-order valence-corrected chi connectivity index (χ3v) is 3.83. The zero-order valence-corrected chi connectivity index (χ0v) is 12.2. The van der Waals surface area contributed by atoms with E-state index in [0.29, 0.717) is 25.7 Å². The maximum atomic E-state index is 12.0. The molecular weight excluding hydrogens is 252 g/mol. The summed E-state index contributed by atoms with van der Waals surface area (Å²) in [6.45, 7) is 2.81. The molecule has 0 bridgehead atoms. The van der Waals surface area contributed by atoms with Gasteiger partial charge in [-0.15, -0.1) is 0 Å². The summed E-state index contributed by atoms with van der Waals surface area (Å²) in [4.78, 5) is 14.0. The van der Waals surface area contributed by atoms with E-state index in [0.717, 1.165) is 31.5 Å². The van der Waals surface area contributed by atoms with Crippen LogP contribution in [0.3, 0.4) is 0 Å². The van der Waals surface area contributed by atoms with Crippen LogP contribution >= 0.6 is 0 Å². The van der Waals surface area contributed by atoms with Gasteiger partial charge in [-0.3, -0.25) is 4.79 Å². The lowest BCUT2D eigenvalue weighted by atomic mass is 10.1. The van der Waals surface area contributed by atoms with Crippen molar-refractivity contribution in [3.05, 3.63) is 35.9 Å². The van der Waals surface area contributed by atoms with Crippen molar-refractivity contribution < 1.29 is 9.53 Å². The smallest absolute Gasteiger partial charge is 0.224 e. The van der Waals surface area contributed by atoms with Gasteiger partial charge in [-0.05, 0) is 25.5 Å². The van der Waals surface area contributed by atoms with Crippen LogP contribution in [0.5, 0.6) is 0 Å². The van der Waals surface area contributed by atoms with E-state index in [1.807, 2.05) is 42.3 Å². The summed E-state index contributed by atoms with van der Waals surface area (Å²) in [7, 11) is 1.99. The van der Waals surface area contributed by atoms with Gasteiger partial charge in [-0.1, -0.05) is 30.3 Å². The molecule has 0 aliphatic carbocycles. The summed E-state index contributed by atoms with van der Waals surface area (Å²) in [5.41, 5.74) is 1.15. The van der Waals surface area contributed by atoms with E-state index in [-0.39, 0.29) is 5.91 Å². The van der Waals surface area contributed by atoms with Gasteiger partial charge in [0.05, 0.1) is 19.6 Å². The van der Waals surface area contributed by atoms with Gasteiger partial charge < -0.3 is 15.0 Å². The van der Waals surface area contributed by atoms with Gasteiger partial charge in [0.1, 0.15) is 0 Å². The second kappa shape index (κ2) is 8.02. The molecule has 2 rings (SSSR count). The van der Waals surface area contributed by atoms with E-state index in [1.54, 1.807) is 0 Å². The Hall–Kier alpha value is -1.39. The third kappa shape index (κ3) is 4.62. The molecule has 1 N–H and O–H groups in total. The minimum Gasteiger partial charge on any atom is -0.376 e. The number of ether oxygens (including phenoxy) is 1. The number of nitrogens with zero attached hydrogens (tertiary/aromatic N) is 1. The molecule has 1 aromatic carbocycles. The predicted molar refractivity (Wildman–Crippen MR) is 79.4 cm³/mol. The highest BCUT2D eigenvalue weighted by Gasteiger charge is 2.21. The van der Waals surface area contributed by atoms with Crippen LogP contribution in [0.15, 0.2) is 30.3 Å². The second-order valence-corrected chi connectivity index (χ2v) is 5.23. The number of hydrogen-bond donors (Lipinski definition) is 1. The molecule has 1 amide bonds. The molecule has 0 radical (unpaired) electrons. The Morgan fingerprint density at radius 3 is 2.65 bits per heavy atom. The molecule has 4 nitrogen and oxygen atoms in total. The number of piperidine rings is 1. The van der Waals surface area contributed by atoms with Crippen LogP contribution in [0.1, 0.15) is 24.8 Å². The van der Waals surface area contributed by atoms with E-state index < -0.39 is 0 Å². The standard InChI is InChI=1S/C16H24N2O2/c1-17-15-7-10-18(11-8-15)16(19)9-12-20-13-14-5-3-2-4-6-14/h2-6,15,17H,7-13H2,1H3. The summed E-state index contributed by atoms with van der Waals surface area (Å²) >= 11 is 0. The van der Waals surface area contributed by atoms with Gasteiger partial charge in [0.15, 0.2) is 0 Å². The number of nitrogens with one attached hydrogen (secondary N) is 1. The summed E-state index contributed by atoms with van der Waals surface area (Å²) in [5, 5.41) is 3.27. The molecule has 20 heavy (non-hydrogen) atoms. The highest BCUT2D eigenvalue weighted by molar-refractivity contribution is 5.76. The van der Waals surface area contributed by atoms with Gasteiger partial charge in [0.25, 0.3) is 0 Å². The predicted octanol–water partition coefficient (Wildman–Crippen LogP) is 1.80. The molecule has 1 aliphatic rings. The second-order valence-electron chi connectivity index (χ2n) is 5.23. The average molecular weight is 276 g/mol. The van der Waals surface area contributed by atoms with E-state index in [2.05, 4.69) is 5.32 Å². The molecular formula is C16H24N2O2. The van der Waals surface area contributed by atoms with Crippen LogP contribution in [-0.2, 0) is 16.1 Å². The monoisotopic (exact) mass is 276 g/mol. The van der Waals surface area contributed by atoms with Crippen LogP contribution in [0.25, 0.3) is 0 Å². The van der Waals surface area contributed by atoms with Crippen LogP contribution in [-0.4, -0.2) is 43.6 Å². The number of likely N-dealkylation sites (tertiary alicyclic amines) is 1. The number of benzene rings is 1. The lowest BCUT2D eigenvalue weighted by Crippen LogP contribution is -2.44. The maximum absolute atomic E-state index is 12.0. The van der Waals surface area contributed by atoms with Gasteiger partial charge in [0, 0.05) is 19.1 Å². The number of hydrogen-bond acceptors (Lipinski definition) is 3. The van der Waals surface area contributed by atoms with E-state index in [4.69, 9.17) is 4.74 Å². The molecule has 1 aromatic rings. The SMILES string of the molecule is CNC1CCN(C(=O)CCOCc2ccccc2)CC1. The number of amides is 1. The van der Waals surface area contributed by atoms with Gasteiger partial charge in [-0.25, -0.2) is 0 Å². The Balaban J connectivity index is 1.61. The van der Waals surface area contributed by atoms with Crippen molar-refractivity contribution in [3.63, 3.8) is 0 Å². The number of rotatable bonds is 6. The lowest BCUT2D eigenvalue weighted by Gasteiger charge is -2.31. The molecule has 4 heteroatoms. The highest BCUT2D eigenvalue weighted by atomic mass is 16.5. The summed E-state index contributed by atoms with van der Waals surface area (Å²) in [6, 6.07) is 10.6. The lowest BCUT2D eigenvalue weighted by molar-refractivity contribution is -0.133. The first-order valence-corrected chi connectivity index (χ1v) is 7.36. The van der Waals surface area contributed by atoms with Crippen LogP contribution in [0.4, 0.5) is 0 Å².